The second-order valence-corrected chi connectivity index (χ2v) is 7.94. The first-order valence-electron chi connectivity index (χ1n) is 10.2. The van der Waals surface area contributed by atoms with Gasteiger partial charge in [0.15, 0.2) is 5.82 Å². The zero-order valence-corrected chi connectivity index (χ0v) is 16.3. The predicted octanol–water partition coefficient (Wildman–Crippen LogP) is 4.35. The molecule has 5 rings (SSSR count). The van der Waals surface area contributed by atoms with Gasteiger partial charge < -0.3 is 10.1 Å². The van der Waals surface area contributed by atoms with Crippen molar-refractivity contribution >= 4 is 16.6 Å². The third-order valence-electron chi connectivity index (χ3n) is 6.24. The normalized spacial score (nSPS) is 18.3. The van der Waals surface area contributed by atoms with E-state index in [1.807, 2.05) is 24.3 Å². The summed E-state index contributed by atoms with van der Waals surface area (Å²) in [5, 5.41) is 15.0. The van der Waals surface area contributed by atoms with Gasteiger partial charge in [0.05, 0.1) is 7.11 Å². The fourth-order valence-corrected chi connectivity index (χ4v) is 4.39. The molecule has 0 spiro atoms. The molecule has 0 bridgehead atoms. The van der Waals surface area contributed by atoms with Crippen LogP contribution in [0.3, 0.4) is 0 Å². The molecule has 1 saturated heterocycles. The number of hydrogen-bond acceptors (Lipinski definition) is 5. The highest BCUT2D eigenvalue weighted by atomic mass is 16.5. The van der Waals surface area contributed by atoms with Crippen molar-refractivity contribution in [2.45, 2.75) is 31.2 Å². The van der Waals surface area contributed by atoms with Crippen LogP contribution in [0.15, 0.2) is 48.5 Å². The largest absolute Gasteiger partial charge is 0.497 e. The summed E-state index contributed by atoms with van der Waals surface area (Å²) in [5.41, 5.74) is 2.30. The second kappa shape index (κ2) is 7.06. The smallest absolute Gasteiger partial charge is 0.156 e. The van der Waals surface area contributed by atoms with Crippen LogP contribution in [0.5, 0.6) is 5.75 Å². The molecule has 5 heteroatoms. The van der Waals surface area contributed by atoms with E-state index in [4.69, 9.17) is 4.74 Å². The van der Waals surface area contributed by atoms with Gasteiger partial charge in [0.1, 0.15) is 11.4 Å². The molecule has 1 saturated carbocycles. The van der Waals surface area contributed by atoms with Crippen molar-refractivity contribution in [2.75, 3.05) is 32.1 Å². The Hall–Kier alpha value is -2.66. The molecule has 1 aliphatic carbocycles. The number of fused-ring (bicyclic) bond motifs is 1. The molecule has 1 N–H and O–H groups in total. The molecule has 0 amide bonds. The molecule has 0 radical (unpaired) electrons. The molecule has 5 nitrogen and oxygen atoms in total. The molecule has 0 atom stereocenters. The van der Waals surface area contributed by atoms with Crippen LogP contribution in [0.2, 0.25) is 0 Å². The third kappa shape index (κ3) is 3.10. The van der Waals surface area contributed by atoms with Crippen molar-refractivity contribution in [1.29, 1.82) is 0 Å². The molecule has 1 aromatic heterocycles. The molecule has 2 aromatic carbocycles. The molecule has 2 aliphatic rings. The molecule has 3 aromatic rings. The number of benzene rings is 2. The summed E-state index contributed by atoms with van der Waals surface area (Å²) < 4.78 is 5.27. The van der Waals surface area contributed by atoms with Gasteiger partial charge in [-0.15, -0.1) is 10.2 Å². The SMILES string of the molecule is COc1ccc(-c2nnc(NCC3(N4CCCC4)CC3)c3ccccc23)cc1. The summed E-state index contributed by atoms with van der Waals surface area (Å²) in [6.45, 7) is 3.43. The van der Waals surface area contributed by atoms with Crippen molar-refractivity contribution in [3.8, 4) is 17.0 Å². The van der Waals surface area contributed by atoms with Crippen LogP contribution in [-0.4, -0.2) is 47.4 Å². The molecule has 0 unspecified atom stereocenters. The van der Waals surface area contributed by atoms with Gasteiger partial charge in [-0.25, -0.2) is 0 Å². The van der Waals surface area contributed by atoms with Gasteiger partial charge in [-0.3, -0.25) is 4.90 Å². The van der Waals surface area contributed by atoms with E-state index in [2.05, 4.69) is 44.7 Å². The number of likely N-dealkylation sites (tertiary alicyclic amines) is 1. The van der Waals surface area contributed by atoms with E-state index in [1.165, 1.54) is 38.8 Å². The Morgan fingerprint density at radius 1 is 0.964 bits per heavy atom. The summed E-state index contributed by atoms with van der Waals surface area (Å²) in [5.74, 6) is 1.73. The predicted molar refractivity (Wildman–Crippen MR) is 113 cm³/mol. The third-order valence-corrected chi connectivity index (χ3v) is 6.24. The molecule has 144 valence electrons. The van der Waals surface area contributed by atoms with E-state index < -0.39 is 0 Å². The van der Waals surface area contributed by atoms with E-state index >= 15 is 0 Å². The highest BCUT2D eigenvalue weighted by Gasteiger charge is 2.48. The highest BCUT2D eigenvalue weighted by Crippen LogP contribution is 2.43. The van der Waals surface area contributed by atoms with Gasteiger partial charge >= 0.3 is 0 Å². The number of nitrogens with one attached hydrogen (secondary N) is 1. The van der Waals surface area contributed by atoms with Gasteiger partial charge in [0, 0.05) is 28.4 Å². The number of rotatable bonds is 6. The maximum Gasteiger partial charge on any atom is 0.156 e. The lowest BCUT2D eigenvalue weighted by Gasteiger charge is -2.27. The monoisotopic (exact) mass is 374 g/mol. The van der Waals surface area contributed by atoms with Gasteiger partial charge in [0.2, 0.25) is 0 Å². The molecule has 1 aliphatic heterocycles. The Bertz CT molecular complexity index is 976. The van der Waals surface area contributed by atoms with Crippen molar-refractivity contribution in [2.24, 2.45) is 0 Å². The number of hydrogen-bond donors (Lipinski definition) is 1. The van der Waals surface area contributed by atoms with Crippen LogP contribution in [0.4, 0.5) is 5.82 Å². The second-order valence-electron chi connectivity index (χ2n) is 7.94. The van der Waals surface area contributed by atoms with E-state index in [0.29, 0.717) is 5.54 Å². The first-order valence-corrected chi connectivity index (χ1v) is 10.2. The van der Waals surface area contributed by atoms with Crippen molar-refractivity contribution < 1.29 is 4.74 Å². The lowest BCUT2D eigenvalue weighted by Crippen LogP contribution is -2.40. The first-order chi connectivity index (χ1) is 13.8. The fraction of sp³-hybridized carbons (Fsp3) is 0.391. The number of nitrogens with zero attached hydrogens (tertiary/aromatic N) is 3. The van der Waals surface area contributed by atoms with Crippen LogP contribution in [0.1, 0.15) is 25.7 Å². The average Bonchev–Trinajstić information content (AvgIpc) is 3.34. The first kappa shape index (κ1) is 17.4. The topological polar surface area (TPSA) is 50.3 Å². The zero-order valence-electron chi connectivity index (χ0n) is 16.3. The fourth-order valence-electron chi connectivity index (χ4n) is 4.39. The van der Waals surface area contributed by atoms with Crippen LogP contribution < -0.4 is 10.1 Å². The molecular formula is C23H26N4O. The minimum atomic E-state index is 0.341. The maximum absolute atomic E-state index is 5.27. The van der Waals surface area contributed by atoms with Gasteiger partial charge in [-0.1, -0.05) is 24.3 Å². The van der Waals surface area contributed by atoms with Crippen LogP contribution in [-0.2, 0) is 0 Å². The summed E-state index contributed by atoms with van der Waals surface area (Å²) in [7, 11) is 1.68. The Labute approximate surface area is 165 Å². The highest BCUT2D eigenvalue weighted by molar-refractivity contribution is 6.00. The summed E-state index contributed by atoms with van der Waals surface area (Å²) in [6.07, 6.45) is 5.24. The minimum Gasteiger partial charge on any atom is -0.497 e. The quantitative estimate of drug-likeness (QED) is 0.695. The molecule has 2 fully saturated rings. The standard InChI is InChI=1S/C23H26N4O/c1-28-18-10-8-17(9-11-18)21-19-6-2-3-7-20(19)22(26-25-21)24-16-23(12-13-23)27-14-4-5-15-27/h2-3,6-11H,4-5,12-16H2,1H3,(H,24,26). The van der Waals surface area contributed by atoms with Crippen molar-refractivity contribution in [3.05, 3.63) is 48.5 Å². The maximum atomic E-state index is 5.27. The molecule has 28 heavy (non-hydrogen) atoms. The summed E-state index contributed by atoms with van der Waals surface area (Å²) in [4.78, 5) is 2.67. The number of methoxy groups -OCH3 is 1. The Morgan fingerprint density at radius 2 is 1.68 bits per heavy atom. The lowest BCUT2D eigenvalue weighted by molar-refractivity contribution is 0.232. The number of aromatic nitrogens is 2. The number of anilines is 1. The van der Waals surface area contributed by atoms with Crippen molar-refractivity contribution in [3.63, 3.8) is 0 Å². The summed E-state index contributed by atoms with van der Waals surface area (Å²) >= 11 is 0. The van der Waals surface area contributed by atoms with Gasteiger partial charge in [-0.05, 0) is 63.0 Å². The average molecular weight is 374 g/mol. The van der Waals surface area contributed by atoms with Crippen LogP contribution >= 0.6 is 0 Å². The Kier molecular flexibility index (Phi) is 4.40. The van der Waals surface area contributed by atoms with Crippen LogP contribution in [0, 0.1) is 0 Å². The van der Waals surface area contributed by atoms with Crippen molar-refractivity contribution in [1.82, 2.24) is 15.1 Å². The van der Waals surface area contributed by atoms with E-state index in [1.54, 1.807) is 7.11 Å². The Morgan fingerprint density at radius 3 is 2.36 bits per heavy atom. The zero-order chi connectivity index (χ0) is 19.0. The van der Waals surface area contributed by atoms with E-state index in [0.717, 1.165) is 40.1 Å². The summed E-state index contributed by atoms with van der Waals surface area (Å²) in [6, 6.07) is 16.4. The van der Waals surface area contributed by atoms with Gasteiger partial charge in [-0.2, -0.15) is 0 Å². The van der Waals surface area contributed by atoms with E-state index in [9.17, 15) is 0 Å². The Balaban J connectivity index is 1.44. The molecule has 2 heterocycles. The van der Waals surface area contributed by atoms with Crippen LogP contribution in [0.25, 0.3) is 22.0 Å². The van der Waals surface area contributed by atoms with Gasteiger partial charge in [0.25, 0.3) is 0 Å². The minimum absolute atomic E-state index is 0.341. The lowest BCUT2D eigenvalue weighted by atomic mass is 10.0. The number of ether oxygens (including phenoxy) is 1. The van der Waals surface area contributed by atoms with E-state index in [-0.39, 0.29) is 0 Å². The molecular weight excluding hydrogens is 348 g/mol.